The van der Waals surface area contributed by atoms with E-state index in [2.05, 4.69) is 10.2 Å². The number of alkyl halides is 3. The van der Waals surface area contributed by atoms with Crippen LogP contribution in [0.4, 0.5) is 13.2 Å². The van der Waals surface area contributed by atoms with Gasteiger partial charge in [-0.2, -0.15) is 13.2 Å². The lowest BCUT2D eigenvalue weighted by Gasteiger charge is -2.36. The summed E-state index contributed by atoms with van der Waals surface area (Å²) in [6.45, 7) is 5.25. The predicted molar refractivity (Wildman–Crippen MR) is 82.2 cm³/mol. The van der Waals surface area contributed by atoms with Crippen molar-refractivity contribution in [3.8, 4) is 0 Å². The summed E-state index contributed by atoms with van der Waals surface area (Å²) < 4.78 is 44.3. The maximum atomic E-state index is 12.9. The van der Waals surface area contributed by atoms with Gasteiger partial charge in [0.15, 0.2) is 0 Å². The SMILES string of the molecule is FC(F)(F)c1cccc(C2CN(CC3CCNCC3)CCO2)c1. The number of rotatable bonds is 3. The summed E-state index contributed by atoms with van der Waals surface area (Å²) in [5.74, 6) is 0.677. The Morgan fingerprint density at radius 3 is 2.74 bits per heavy atom. The van der Waals surface area contributed by atoms with E-state index in [0.717, 1.165) is 32.2 Å². The van der Waals surface area contributed by atoms with E-state index in [-0.39, 0.29) is 6.10 Å². The summed E-state index contributed by atoms with van der Waals surface area (Å²) in [6.07, 6.45) is -2.23. The van der Waals surface area contributed by atoms with E-state index in [4.69, 9.17) is 4.74 Å². The first-order chi connectivity index (χ1) is 11.0. The fourth-order valence-corrected chi connectivity index (χ4v) is 3.41. The average molecular weight is 328 g/mol. The molecule has 0 radical (unpaired) electrons. The van der Waals surface area contributed by atoms with Gasteiger partial charge >= 0.3 is 6.18 Å². The first-order valence-corrected chi connectivity index (χ1v) is 8.24. The fourth-order valence-electron chi connectivity index (χ4n) is 3.41. The molecular weight excluding hydrogens is 305 g/mol. The molecule has 2 saturated heterocycles. The molecule has 3 rings (SSSR count). The summed E-state index contributed by atoms with van der Waals surface area (Å²) in [4.78, 5) is 2.34. The quantitative estimate of drug-likeness (QED) is 0.923. The van der Waals surface area contributed by atoms with Crippen molar-refractivity contribution in [2.24, 2.45) is 5.92 Å². The summed E-state index contributed by atoms with van der Waals surface area (Å²) in [6, 6.07) is 5.53. The highest BCUT2D eigenvalue weighted by atomic mass is 19.4. The van der Waals surface area contributed by atoms with Crippen LogP contribution < -0.4 is 5.32 Å². The minimum atomic E-state index is -4.31. The molecule has 1 unspecified atom stereocenters. The van der Waals surface area contributed by atoms with Gasteiger partial charge in [0.1, 0.15) is 0 Å². The molecule has 23 heavy (non-hydrogen) atoms. The Kier molecular flexibility index (Phi) is 5.24. The molecule has 1 atom stereocenters. The van der Waals surface area contributed by atoms with Gasteiger partial charge in [-0.1, -0.05) is 12.1 Å². The number of morpholine rings is 1. The van der Waals surface area contributed by atoms with Crippen LogP contribution in [0.15, 0.2) is 24.3 Å². The van der Waals surface area contributed by atoms with Gasteiger partial charge in [0, 0.05) is 19.6 Å². The molecule has 1 N–H and O–H groups in total. The molecule has 1 aromatic carbocycles. The topological polar surface area (TPSA) is 24.5 Å². The maximum Gasteiger partial charge on any atom is 0.416 e. The lowest BCUT2D eigenvalue weighted by Crippen LogP contribution is -2.43. The van der Waals surface area contributed by atoms with Crippen LogP contribution in [0.25, 0.3) is 0 Å². The van der Waals surface area contributed by atoms with Crippen LogP contribution in [0.1, 0.15) is 30.1 Å². The molecule has 3 nitrogen and oxygen atoms in total. The second-order valence-electron chi connectivity index (χ2n) is 6.44. The average Bonchev–Trinajstić information content (AvgIpc) is 2.55. The predicted octanol–water partition coefficient (Wildman–Crippen LogP) is 3.08. The summed E-state index contributed by atoms with van der Waals surface area (Å²) in [5.41, 5.74) is 0.0175. The normalized spacial score (nSPS) is 24.7. The molecule has 0 amide bonds. The van der Waals surface area contributed by atoms with Crippen LogP contribution in [0, 0.1) is 5.92 Å². The van der Waals surface area contributed by atoms with Gasteiger partial charge in [-0.3, -0.25) is 4.90 Å². The highest BCUT2D eigenvalue weighted by Crippen LogP contribution is 2.32. The van der Waals surface area contributed by atoms with Crippen LogP contribution in [0.5, 0.6) is 0 Å². The molecule has 0 aliphatic carbocycles. The Labute approximate surface area is 134 Å². The highest BCUT2D eigenvalue weighted by Gasteiger charge is 2.32. The highest BCUT2D eigenvalue weighted by molar-refractivity contribution is 5.27. The van der Waals surface area contributed by atoms with E-state index in [9.17, 15) is 13.2 Å². The zero-order valence-corrected chi connectivity index (χ0v) is 13.1. The van der Waals surface area contributed by atoms with Crippen molar-refractivity contribution >= 4 is 0 Å². The first-order valence-electron chi connectivity index (χ1n) is 8.24. The number of hydrogen-bond acceptors (Lipinski definition) is 3. The number of hydrogen-bond donors (Lipinski definition) is 1. The van der Waals surface area contributed by atoms with Crippen molar-refractivity contribution in [3.05, 3.63) is 35.4 Å². The molecule has 2 aliphatic rings. The molecule has 2 aliphatic heterocycles. The van der Waals surface area contributed by atoms with E-state index < -0.39 is 11.7 Å². The molecule has 128 valence electrons. The molecule has 1 aromatic rings. The maximum absolute atomic E-state index is 12.9. The second-order valence-corrected chi connectivity index (χ2v) is 6.44. The smallest absolute Gasteiger partial charge is 0.371 e. The number of nitrogens with one attached hydrogen (secondary N) is 1. The van der Waals surface area contributed by atoms with Gasteiger partial charge in [0.25, 0.3) is 0 Å². The van der Waals surface area contributed by atoms with E-state index in [1.54, 1.807) is 6.07 Å². The Hall–Kier alpha value is -1.11. The molecule has 2 heterocycles. The van der Waals surface area contributed by atoms with Crippen molar-refractivity contribution < 1.29 is 17.9 Å². The number of halogens is 3. The number of ether oxygens (including phenoxy) is 1. The standard InChI is InChI=1S/C17H23F3N2O/c18-17(19,20)15-3-1-2-14(10-15)16-12-22(8-9-23-16)11-13-4-6-21-7-5-13/h1-3,10,13,16,21H,4-9,11-12H2. The summed E-state index contributed by atoms with van der Waals surface area (Å²) in [7, 11) is 0. The number of piperidine rings is 1. The zero-order valence-electron chi connectivity index (χ0n) is 13.1. The number of nitrogens with zero attached hydrogens (tertiary/aromatic N) is 1. The van der Waals surface area contributed by atoms with Crippen LogP contribution in [-0.4, -0.2) is 44.2 Å². The van der Waals surface area contributed by atoms with Gasteiger partial charge in [-0.05, 0) is 49.5 Å². The van der Waals surface area contributed by atoms with E-state index in [1.165, 1.54) is 25.0 Å². The van der Waals surface area contributed by atoms with Crippen molar-refractivity contribution in [2.45, 2.75) is 25.1 Å². The number of benzene rings is 1. The molecular formula is C17H23F3N2O. The van der Waals surface area contributed by atoms with Gasteiger partial charge in [-0.25, -0.2) is 0 Å². The van der Waals surface area contributed by atoms with E-state index in [0.29, 0.717) is 24.6 Å². The largest absolute Gasteiger partial charge is 0.416 e. The van der Waals surface area contributed by atoms with Crippen LogP contribution in [0.3, 0.4) is 0 Å². The fraction of sp³-hybridized carbons (Fsp3) is 0.647. The zero-order chi connectivity index (χ0) is 16.3. The van der Waals surface area contributed by atoms with Gasteiger partial charge < -0.3 is 10.1 Å². The van der Waals surface area contributed by atoms with Crippen LogP contribution in [-0.2, 0) is 10.9 Å². The second kappa shape index (κ2) is 7.20. The van der Waals surface area contributed by atoms with Crippen molar-refractivity contribution in [2.75, 3.05) is 39.3 Å². The van der Waals surface area contributed by atoms with Crippen molar-refractivity contribution in [1.29, 1.82) is 0 Å². The molecule has 0 saturated carbocycles. The third kappa shape index (κ3) is 4.46. The lowest BCUT2D eigenvalue weighted by molar-refractivity contribution is -0.137. The minimum Gasteiger partial charge on any atom is -0.371 e. The molecule has 2 fully saturated rings. The van der Waals surface area contributed by atoms with Crippen molar-refractivity contribution in [1.82, 2.24) is 10.2 Å². The van der Waals surface area contributed by atoms with E-state index in [1.807, 2.05) is 0 Å². The monoisotopic (exact) mass is 328 g/mol. The molecule has 0 bridgehead atoms. The molecule has 6 heteroatoms. The third-order valence-corrected chi connectivity index (χ3v) is 4.71. The van der Waals surface area contributed by atoms with Crippen LogP contribution in [0.2, 0.25) is 0 Å². The Balaban J connectivity index is 1.64. The lowest BCUT2D eigenvalue weighted by atomic mass is 9.96. The Morgan fingerprint density at radius 2 is 2.00 bits per heavy atom. The van der Waals surface area contributed by atoms with Crippen LogP contribution >= 0.6 is 0 Å². The Morgan fingerprint density at radius 1 is 1.22 bits per heavy atom. The van der Waals surface area contributed by atoms with Gasteiger partial charge in [-0.15, -0.1) is 0 Å². The summed E-state index contributed by atoms with van der Waals surface area (Å²) >= 11 is 0. The third-order valence-electron chi connectivity index (χ3n) is 4.71. The van der Waals surface area contributed by atoms with Gasteiger partial charge in [0.05, 0.1) is 18.3 Å². The van der Waals surface area contributed by atoms with Crippen molar-refractivity contribution in [3.63, 3.8) is 0 Å². The molecule has 0 aromatic heterocycles. The first kappa shape index (κ1) is 16.7. The minimum absolute atomic E-state index is 0.271. The summed E-state index contributed by atoms with van der Waals surface area (Å²) in [5, 5.41) is 3.36. The van der Waals surface area contributed by atoms with Gasteiger partial charge in [0.2, 0.25) is 0 Å². The van der Waals surface area contributed by atoms with E-state index >= 15 is 0 Å². The molecule has 0 spiro atoms. The Bertz CT molecular complexity index is 515.